The van der Waals surface area contributed by atoms with Crippen LogP contribution in [-0.2, 0) is 20.9 Å². The number of alkyl halides is 4. The van der Waals surface area contributed by atoms with Crippen LogP contribution < -0.4 is 0 Å². The van der Waals surface area contributed by atoms with Crippen molar-refractivity contribution >= 4 is 46.6 Å². The molecule has 2 aromatic rings. The number of nitrogens with zero attached hydrogens (tertiary/aromatic N) is 2. The van der Waals surface area contributed by atoms with Crippen molar-refractivity contribution in [1.82, 2.24) is 4.90 Å². The first kappa shape index (κ1) is 27.0. The third kappa shape index (κ3) is 4.45. The minimum atomic E-state index is -4.93. The highest BCUT2D eigenvalue weighted by molar-refractivity contribution is 8.00. The molecule has 36 heavy (non-hydrogen) atoms. The van der Waals surface area contributed by atoms with E-state index >= 15 is 4.39 Å². The Morgan fingerprint density at radius 1 is 1.08 bits per heavy atom. The van der Waals surface area contributed by atoms with Crippen molar-refractivity contribution in [3.63, 3.8) is 0 Å². The Hall–Kier alpha value is -2.04. The molecule has 1 amide bonds. The summed E-state index contributed by atoms with van der Waals surface area (Å²) in [4.78, 5) is 18.9. The van der Waals surface area contributed by atoms with Gasteiger partial charge in [-0.15, -0.1) is 11.8 Å². The number of hydrogen-bond donors (Lipinski definition) is 0. The van der Waals surface area contributed by atoms with E-state index in [1.807, 2.05) is 0 Å². The van der Waals surface area contributed by atoms with Crippen LogP contribution in [0.2, 0.25) is 10.0 Å². The molecule has 0 saturated carbocycles. The summed E-state index contributed by atoms with van der Waals surface area (Å²) in [7, 11) is 0. The van der Waals surface area contributed by atoms with Crippen molar-refractivity contribution in [3.8, 4) is 0 Å². The molecule has 0 N–H and O–H groups in total. The summed E-state index contributed by atoms with van der Waals surface area (Å²) in [6.07, 6.45) is -3.85. The van der Waals surface area contributed by atoms with Gasteiger partial charge < -0.3 is 9.74 Å². The van der Waals surface area contributed by atoms with Gasteiger partial charge in [-0.2, -0.15) is 13.2 Å². The zero-order valence-electron chi connectivity index (χ0n) is 19.4. The van der Waals surface area contributed by atoms with Gasteiger partial charge in [0, 0.05) is 12.0 Å². The lowest BCUT2D eigenvalue weighted by atomic mass is 9.84. The highest BCUT2D eigenvalue weighted by atomic mass is 35.5. The molecule has 1 unspecified atom stereocenters. The second-order valence-electron chi connectivity index (χ2n) is 9.30. The van der Waals surface area contributed by atoms with Gasteiger partial charge in [-0.05, 0) is 43.4 Å². The number of rotatable bonds is 5. The fraction of sp³-hybridized carbons (Fsp3) is 0.417. The Morgan fingerprint density at radius 3 is 2.14 bits per heavy atom. The van der Waals surface area contributed by atoms with Gasteiger partial charge in [-0.25, -0.2) is 8.78 Å². The fourth-order valence-corrected chi connectivity index (χ4v) is 4.95. The van der Waals surface area contributed by atoms with Gasteiger partial charge in [0.15, 0.2) is 11.5 Å². The number of carbonyl (C=O) groups is 1. The quantitative estimate of drug-likeness (QED) is 0.293. The third-order valence-electron chi connectivity index (χ3n) is 6.57. The van der Waals surface area contributed by atoms with Gasteiger partial charge in [0.05, 0.1) is 33.6 Å². The molecular weight excluding hydrogens is 546 g/mol. The van der Waals surface area contributed by atoms with Gasteiger partial charge in [-0.3, -0.25) is 4.79 Å². The van der Waals surface area contributed by atoms with Gasteiger partial charge in [0.2, 0.25) is 5.91 Å². The highest BCUT2D eigenvalue weighted by Crippen LogP contribution is 2.50. The number of benzene rings is 2. The van der Waals surface area contributed by atoms with E-state index in [0.29, 0.717) is 11.1 Å². The van der Waals surface area contributed by atoms with Gasteiger partial charge >= 0.3 is 6.18 Å². The topological polar surface area (TPSA) is 41.9 Å². The molecular formula is C24H21Cl2F5N2O2S. The number of carbonyl (C=O) groups excluding carboxylic acids is 1. The van der Waals surface area contributed by atoms with Crippen molar-refractivity contribution < 1.29 is 31.6 Å². The van der Waals surface area contributed by atoms with Gasteiger partial charge in [0.25, 0.3) is 5.60 Å². The number of halogens is 7. The molecule has 0 aromatic heterocycles. The van der Waals surface area contributed by atoms with Crippen molar-refractivity contribution in [2.45, 2.75) is 42.5 Å². The first-order chi connectivity index (χ1) is 16.6. The zero-order valence-corrected chi connectivity index (χ0v) is 21.7. The number of oxime groups is 1. The van der Waals surface area contributed by atoms with E-state index in [-0.39, 0.29) is 24.7 Å². The average molecular weight is 567 g/mol. The molecule has 2 aliphatic rings. The molecule has 0 radical (unpaired) electrons. The van der Waals surface area contributed by atoms with E-state index < -0.39 is 50.0 Å². The molecule has 1 saturated heterocycles. The summed E-state index contributed by atoms with van der Waals surface area (Å²) in [5.74, 6) is -1.20. The molecule has 4 rings (SSSR count). The molecule has 4 nitrogen and oxygen atoms in total. The van der Waals surface area contributed by atoms with Crippen LogP contribution in [0.1, 0.15) is 37.0 Å². The van der Waals surface area contributed by atoms with Crippen molar-refractivity contribution in [3.05, 3.63) is 69.0 Å². The lowest BCUT2D eigenvalue weighted by Crippen LogP contribution is -2.62. The predicted molar refractivity (Wildman–Crippen MR) is 130 cm³/mol. The van der Waals surface area contributed by atoms with E-state index in [1.54, 1.807) is 20.1 Å². The lowest BCUT2D eigenvalue weighted by Gasteiger charge is -2.47. The number of likely N-dealkylation sites (tertiary alicyclic amines) is 1. The largest absolute Gasteiger partial charge is 0.435 e. The molecule has 2 aromatic carbocycles. The maximum absolute atomic E-state index is 15.4. The first-order valence-corrected chi connectivity index (χ1v) is 12.7. The average Bonchev–Trinajstić information content (AvgIpc) is 3.27. The van der Waals surface area contributed by atoms with E-state index in [9.17, 15) is 22.4 Å². The fourth-order valence-electron chi connectivity index (χ4n) is 4.16. The Morgan fingerprint density at radius 2 is 1.64 bits per heavy atom. The van der Waals surface area contributed by atoms with Gasteiger partial charge in [0.1, 0.15) is 0 Å². The van der Waals surface area contributed by atoms with Gasteiger partial charge in [-0.1, -0.05) is 52.6 Å². The normalized spacial score (nSPS) is 21.6. The Kier molecular flexibility index (Phi) is 6.80. The molecule has 0 bridgehead atoms. The summed E-state index contributed by atoms with van der Waals surface area (Å²) in [5, 5.41) is 2.49. The first-order valence-electron chi connectivity index (χ1n) is 10.7. The van der Waals surface area contributed by atoms with Crippen molar-refractivity contribution in [1.29, 1.82) is 0 Å². The predicted octanol–water partition coefficient (Wildman–Crippen LogP) is 6.86. The second-order valence-corrected chi connectivity index (χ2v) is 11.5. The molecule has 0 aliphatic carbocycles. The number of thioether (sulfide) groups is 1. The van der Waals surface area contributed by atoms with Crippen LogP contribution in [0.4, 0.5) is 22.0 Å². The maximum atomic E-state index is 15.4. The van der Waals surface area contributed by atoms with E-state index in [4.69, 9.17) is 28.0 Å². The zero-order chi connectivity index (χ0) is 26.7. The standard InChI is InChI=1S/C24H21Cl2F5N2O2S/c1-21(2,36-3)20(34)33-11-22(28,12-33)14-6-4-13(5-7-14)18-10-23(35-32-18,24(29,30)31)15-8-16(25)19(27)17(26)9-15/h4-9H,10-12H2,1-3H3. The molecule has 1 fully saturated rings. The van der Waals surface area contributed by atoms with Crippen LogP contribution in [0.3, 0.4) is 0 Å². The molecule has 194 valence electrons. The Bertz CT molecular complexity index is 1210. The Balaban J connectivity index is 1.54. The third-order valence-corrected chi connectivity index (χ3v) is 8.31. The van der Waals surface area contributed by atoms with Crippen molar-refractivity contribution in [2.75, 3.05) is 19.3 Å². The van der Waals surface area contributed by atoms with Crippen LogP contribution in [-0.4, -0.2) is 46.8 Å². The van der Waals surface area contributed by atoms with E-state index in [1.165, 1.54) is 40.9 Å². The second kappa shape index (κ2) is 9.06. The van der Waals surface area contributed by atoms with Crippen LogP contribution in [0.15, 0.2) is 41.6 Å². The van der Waals surface area contributed by atoms with E-state index in [0.717, 1.165) is 12.1 Å². The van der Waals surface area contributed by atoms with Crippen LogP contribution in [0.25, 0.3) is 0 Å². The van der Waals surface area contributed by atoms with Crippen LogP contribution in [0.5, 0.6) is 0 Å². The smallest absolute Gasteiger partial charge is 0.374 e. The minimum absolute atomic E-state index is 0.0320. The molecule has 1 atom stereocenters. The summed E-state index contributed by atoms with van der Waals surface area (Å²) in [6, 6.07) is 7.44. The summed E-state index contributed by atoms with van der Waals surface area (Å²) < 4.78 is 71.1. The van der Waals surface area contributed by atoms with Crippen LogP contribution >= 0.6 is 35.0 Å². The number of hydrogen-bond acceptors (Lipinski definition) is 4. The maximum Gasteiger partial charge on any atom is 0.435 e. The molecule has 12 heteroatoms. The monoisotopic (exact) mass is 566 g/mol. The summed E-state index contributed by atoms with van der Waals surface area (Å²) in [6.45, 7) is 3.32. The van der Waals surface area contributed by atoms with E-state index in [2.05, 4.69) is 5.16 Å². The molecule has 0 spiro atoms. The van der Waals surface area contributed by atoms with Crippen molar-refractivity contribution in [2.24, 2.45) is 5.16 Å². The molecule has 2 aliphatic heterocycles. The number of amides is 1. The van der Waals surface area contributed by atoms with Crippen LogP contribution in [0, 0.1) is 5.82 Å². The highest BCUT2D eigenvalue weighted by Gasteiger charge is 2.62. The summed E-state index contributed by atoms with van der Waals surface area (Å²) in [5.41, 5.74) is -4.59. The minimum Gasteiger partial charge on any atom is -0.374 e. The SMILES string of the molecule is CSC(C)(C)C(=O)N1CC(F)(c2ccc(C3=NOC(c4cc(Cl)c(F)c(Cl)c4)(C(F)(F)F)C3)cc2)C1. The lowest BCUT2D eigenvalue weighted by molar-refractivity contribution is -0.275. The summed E-state index contributed by atoms with van der Waals surface area (Å²) >= 11 is 12.8. The Labute approximate surface area is 218 Å². The molecule has 2 heterocycles.